The highest BCUT2D eigenvalue weighted by molar-refractivity contribution is 7.89. The molecule has 0 saturated heterocycles. The summed E-state index contributed by atoms with van der Waals surface area (Å²) >= 11 is 0. The zero-order valence-electron chi connectivity index (χ0n) is 11.5. The molecule has 1 aromatic rings. The lowest BCUT2D eigenvalue weighted by Gasteiger charge is -2.16. The SMILES string of the molecule is Cc1ccccc1C(C)NS(=O)(=O)CCNC1CC1. The molecule has 1 unspecified atom stereocenters. The molecule has 1 aromatic carbocycles. The minimum Gasteiger partial charge on any atom is -0.313 e. The maximum absolute atomic E-state index is 12.0. The van der Waals surface area contributed by atoms with Gasteiger partial charge in [-0.25, -0.2) is 13.1 Å². The van der Waals surface area contributed by atoms with Crippen LogP contribution in [0.3, 0.4) is 0 Å². The quantitative estimate of drug-likeness (QED) is 0.800. The lowest BCUT2D eigenvalue weighted by Crippen LogP contribution is -2.34. The van der Waals surface area contributed by atoms with Crippen molar-refractivity contribution in [3.63, 3.8) is 0 Å². The van der Waals surface area contributed by atoms with Gasteiger partial charge in [0.05, 0.1) is 5.75 Å². The van der Waals surface area contributed by atoms with Crippen molar-refractivity contribution in [1.29, 1.82) is 0 Å². The molecule has 1 aliphatic rings. The topological polar surface area (TPSA) is 58.2 Å². The predicted octanol–water partition coefficient (Wildman–Crippen LogP) is 1.73. The number of aryl methyl sites for hydroxylation is 1. The van der Waals surface area contributed by atoms with Crippen molar-refractivity contribution in [2.45, 2.75) is 38.8 Å². The minimum atomic E-state index is -3.23. The van der Waals surface area contributed by atoms with Crippen LogP contribution in [0.15, 0.2) is 24.3 Å². The fraction of sp³-hybridized carbons (Fsp3) is 0.571. The number of sulfonamides is 1. The van der Waals surface area contributed by atoms with Gasteiger partial charge in [0.1, 0.15) is 0 Å². The Hall–Kier alpha value is -0.910. The van der Waals surface area contributed by atoms with E-state index in [0.29, 0.717) is 12.6 Å². The number of nitrogens with one attached hydrogen (secondary N) is 2. The molecule has 2 rings (SSSR count). The highest BCUT2D eigenvalue weighted by atomic mass is 32.2. The fourth-order valence-corrected chi connectivity index (χ4v) is 3.32. The average Bonchev–Trinajstić information content (AvgIpc) is 3.12. The van der Waals surface area contributed by atoms with Crippen molar-refractivity contribution in [2.75, 3.05) is 12.3 Å². The zero-order valence-corrected chi connectivity index (χ0v) is 12.3. The van der Waals surface area contributed by atoms with Crippen LogP contribution in [0.2, 0.25) is 0 Å². The maximum atomic E-state index is 12.0. The van der Waals surface area contributed by atoms with Gasteiger partial charge in [-0.15, -0.1) is 0 Å². The molecule has 0 aromatic heterocycles. The normalized spacial score (nSPS) is 17.4. The molecule has 1 saturated carbocycles. The first-order chi connectivity index (χ1) is 8.98. The lowest BCUT2D eigenvalue weighted by atomic mass is 10.0. The van der Waals surface area contributed by atoms with Crippen LogP contribution in [0.1, 0.15) is 36.9 Å². The summed E-state index contributed by atoms with van der Waals surface area (Å²) in [6, 6.07) is 8.21. The molecule has 5 heteroatoms. The molecule has 0 aliphatic heterocycles. The van der Waals surface area contributed by atoms with Gasteiger partial charge < -0.3 is 5.32 Å². The molecular formula is C14H22N2O2S. The molecule has 106 valence electrons. The van der Waals surface area contributed by atoms with Gasteiger partial charge >= 0.3 is 0 Å². The average molecular weight is 282 g/mol. The number of hydrogen-bond donors (Lipinski definition) is 2. The van der Waals surface area contributed by atoms with Crippen LogP contribution in [0.4, 0.5) is 0 Å². The Bertz CT molecular complexity index is 524. The van der Waals surface area contributed by atoms with Gasteiger partial charge in [-0.2, -0.15) is 0 Å². The molecule has 2 N–H and O–H groups in total. The van der Waals surface area contributed by atoms with E-state index in [0.717, 1.165) is 11.1 Å². The standard InChI is InChI=1S/C14H22N2O2S/c1-11-5-3-4-6-14(11)12(2)16-19(17,18)10-9-15-13-7-8-13/h3-6,12-13,15-16H,7-10H2,1-2H3. The van der Waals surface area contributed by atoms with Crippen LogP contribution >= 0.6 is 0 Å². The summed E-state index contributed by atoms with van der Waals surface area (Å²) < 4.78 is 26.7. The van der Waals surface area contributed by atoms with Gasteiger partial charge in [-0.05, 0) is 37.8 Å². The first kappa shape index (κ1) is 14.5. The maximum Gasteiger partial charge on any atom is 0.213 e. The van der Waals surface area contributed by atoms with Crippen LogP contribution in [-0.2, 0) is 10.0 Å². The van der Waals surface area contributed by atoms with E-state index in [1.807, 2.05) is 38.1 Å². The molecule has 0 amide bonds. The molecule has 0 bridgehead atoms. The molecule has 4 nitrogen and oxygen atoms in total. The van der Waals surface area contributed by atoms with E-state index in [-0.39, 0.29) is 11.8 Å². The molecule has 1 aliphatic carbocycles. The van der Waals surface area contributed by atoms with Gasteiger partial charge in [-0.3, -0.25) is 0 Å². The second-order valence-electron chi connectivity index (χ2n) is 5.24. The van der Waals surface area contributed by atoms with Gasteiger partial charge in [-0.1, -0.05) is 24.3 Å². The summed E-state index contributed by atoms with van der Waals surface area (Å²) in [7, 11) is -3.23. The Labute approximate surface area is 115 Å². The van der Waals surface area contributed by atoms with Crippen LogP contribution in [0.5, 0.6) is 0 Å². The third-order valence-electron chi connectivity index (χ3n) is 3.39. The highest BCUT2D eigenvalue weighted by Crippen LogP contribution is 2.19. The van der Waals surface area contributed by atoms with Gasteiger partial charge in [0.2, 0.25) is 10.0 Å². The van der Waals surface area contributed by atoms with Gasteiger partial charge in [0, 0.05) is 18.6 Å². The largest absolute Gasteiger partial charge is 0.313 e. The Morgan fingerprint density at radius 3 is 2.63 bits per heavy atom. The molecular weight excluding hydrogens is 260 g/mol. The van der Waals surface area contributed by atoms with Gasteiger partial charge in [0.15, 0.2) is 0 Å². The smallest absolute Gasteiger partial charge is 0.213 e. The first-order valence-electron chi connectivity index (χ1n) is 6.77. The van der Waals surface area contributed by atoms with Crippen molar-refractivity contribution in [1.82, 2.24) is 10.0 Å². The Morgan fingerprint density at radius 2 is 2.00 bits per heavy atom. The van der Waals surface area contributed by atoms with Gasteiger partial charge in [0.25, 0.3) is 0 Å². The fourth-order valence-electron chi connectivity index (χ4n) is 2.15. The Balaban J connectivity index is 1.89. The summed E-state index contributed by atoms with van der Waals surface area (Å²) in [6.07, 6.45) is 2.35. The van der Waals surface area contributed by atoms with Crippen molar-refractivity contribution < 1.29 is 8.42 Å². The first-order valence-corrected chi connectivity index (χ1v) is 8.42. The summed E-state index contributed by atoms with van der Waals surface area (Å²) in [5.41, 5.74) is 2.13. The third kappa shape index (κ3) is 4.60. The number of hydrogen-bond acceptors (Lipinski definition) is 3. The second-order valence-corrected chi connectivity index (χ2v) is 7.12. The summed E-state index contributed by atoms with van der Waals surface area (Å²) in [4.78, 5) is 0. The molecule has 1 fully saturated rings. The van der Waals surface area contributed by atoms with E-state index in [1.54, 1.807) is 0 Å². The minimum absolute atomic E-state index is 0.139. The van der Waals surface area contributed by atoms with Crippen LogP contribution < -0.4 is 10.0 Å². The molecule has 0 spiro atoms. The van der Waals surface area contributed by atoms with Crippen molar-refractivity contribution in [3.05, 3.63) is 35.4 Å². The van der Waals surface area contributed by atoms with E-state index in [4.69, 9.17) is 0 Å². The van der Waals surface area contributed by atoms with Crippen molar-refractivity contribution in [3.8, 4) is 0 Å². The Kier molecular flexibility index (Phi) is 4.60. The molecule has 19 heavy (non-hydrogen) atoms. The van der Waals surface area contributed by atoms with Crippen LogP contribution in [-0.4, -0.2) is 26.8 Å². The van der Waals surface area contributed by atoms with Crippen LogP contribution in [0, 0.1) is 6.92 Å². The summed E-state index contributed by atoms with van der Waals surface area (Å²) in [5, 5.41) is 3.22. The number of benzene rings is 1. The highest BCUT2D eigenvalue weighted by Gasteiger charge is 2.22. The van der Waals surface area contributed by atoms with Crippen LogP contribution in [0.25, 0.3) is 0 Å². The summed E-state index contributed by atoms with van der Waals surface area (Å²) in [6.45, 7) is 4.41. The van der Waals surface area contributed by atoms with E-state index >= 15 is 0 Å². The zero-order chi connectivity index (χ0) is 13.9. The Morgan fingerprint density at radius 1 is 1.32 bits per heavy atom. The number of rotatable bonds is 7. The second kappa shape index (κ2) is 6.03. The monoisotopic (exact) mass is 282 g/mol. The van der Waals surface area contributed by atoms with E-state index in [1.165, 1.54) is 12.8 Å². The summed E-state index contributed by atoms with van der Waals surface area (Å²) in [5.74, 6) is 0.139. The lowest BCUT2D eigenvalue weighted by molar-refractivity contribution is 0.562. The van der Waals surface area contributed by atoms with Crippen molar-refractivity contribution in [2.24, 2.45) is 0 Å². The predicted molar refractivity (Wildman–Crippen MR) is 77.5 cm³/mol. The van der Waals surface area contributed by atoms with E-state index in [9.17, 15) is 8.42 Å². The third-order valence-corrected chi connectivity index (χ3v) is 4.85. The molecule has 1 atom stereocenters. The van der Waals surface area contributed by atoms with E-state index < -0.39 is 10.0 Å². The van der Waals surface area contributed by atoms with Crippen molar-refractivity contribution >= 4 is 10.0 Å². The molecule has 0 heterocycles. The molecule has 0 radical (unpaired) electrons. The van der Waals surface area contributed by atoms with E-state index in [2.05, 4.69) is 10.0 Å².